The first-order chi connectivity index (χ1) is 11.4. The number of carbonyl (C=O) groups excluding carboxylic acids is 2. The highest BCUT2D eigenvalue weighted by atomic mass is 32.2. The zero-order chi connectivity index (χ0) is 17.5. The van der Waals surface area contributed by atoms with Crippen LogP contribution >= 0.6 is 23.1 Å². The minimum atomic E-state index is -0.0712. The van der Waals surface area contributed by atoms with Crippen LogP contribution < -0.4 is 10.6 Å². The Labute approximate surface area is 150 Å². The van der Waals surface area contributed by atoms with Gasteiger partial charge in [-0.05, 0) is 32.9 Å². The van der Waals surface area contributed by atoms with Gasteiger partial charge in [0.25, 0.3) is 0 Å². The third-order valence-corrected chi connectivity index (χ3v) is 5.05. The Bertz CT molecular complexity index is 696. The molecule has 2 rings (SSSR count). The SMILES string of the molecule is Cc1ccc(NC(=O)CSc2nc(CC(=O)NC(C)C)cs2)cc1. The Morgan fingerprint density at radius 2 is 1.92 bits per heavy atom. The largest absolute Gasteiger partial charge is 0.354 e. The Balaban J connectivity index is 1.79. The van der Waals surface area contributed by atoms with Crippen molar-refractivity contribution in [3.63, 3.8) is 0 Å². The number of nitrogens with one attached hydrogen (secondary N) is 2. The van der Waals surface area contributed by atoms with Crippen LogP contribution in [0.1, 0.15) is 25.1 Å². The lowest BCUT2D eigenvalue weighted by atomic mass is 10.2. The molecule has 128 valence electrons. The van der Waals surface area contributed by atoms with E-state index in [0.29, 0.717) is 5.75 Å². The average Bonchev–Trinajstić information content (AvgIpc) is 2.94. The molecule has 2 aromatic rings. The summed E-state index contributed by atoms with van der Waals surface area (Å²) >= 11 is 2.83. The molecule has 5 nitrogen and oxygen atoms in total. The third-order valence-electron chi connectivity index (χ3n) is 2.98. The van der Waals surface area contributed by atoms with E-state index in [-0.39, 0.29) is 24.3 Å². The van der Waals surface area contributed by atoms with Gasteiger partial charge in [0, 0.05) is 17.1 Å². The molecule has 0 bridgehead atoms. The van der Waals surface area contributed by atoms with Crippen LogP contribution in [0.25, 0.3) is 0 Å². The minimum Gasteiger partial charge on any atom is -0.354 e. The number of thiazole rings is 1. The predicted molar refractivity (Wildman–Crippen MR) is 99.6 cm³/mol. The second-order valence-corrected chi connectivity index (χ2v) is 7.79. The number of nitrogens with zero attached hydrogens (tertiary/aromatic N) is 1. The molecule has 1 heterocycles. The molecule has 0 fully saturated rings. The second kappa shape index (κ2) is 8.84. The average molecular weight is 364 g/mol. The minimum absolute atomic E-state index is 0.0380. The van der Waals surface area contributed by atoms with E-state index in [2.05, 4.69) is 15.6 Å². The summed E-state index contributed by atoms with van der Waals surface area (Å²) in [6.45, 7) is 5.85. The van der Waals surface area contributed by atoms with E-state index in [0.717, 1.165) is 21.3 Å². The molecule has 2 N–H and O–H groups in total. The summed E-state index contributed by atoms with van der Waals surface area (Å²) < 4.78 is 0.793. The summed E-state index contributed by atoms with van der Waals surface area (Å²) in [4.78, 5) is 28.1. The molecule has 0 saturated heterocycles. The zero-order valence-electron chi connectivity index (χ0n) is 14.0. The summed E-state index contributed by atoms with van der Waals surface area (Å²) in [6, 6.07) is 7.80. The van der Waals surface area contributed by atoms with Gasteiger partial charge in [-0.25, -0.2) is 4.98 Å². The monoisotopic (exact) mass is 363 g/mol. The van der Waals surface area contributed by atoms with Crippen molar-refractivity contribution in [1.82, 2.24) is 10.3 Å². The smallest absolute Gasteiger partial charge is 0.234 e. The van der Waals surface area contributed by atoms with Gasteiger partial charge in [-0.1, -0.05) is 29.5 Å². The molecule has 0 unspecified atom stereocenters. The van der Waals surface area contributed by atoms with E-state index >= 15 is 0 Å². The molecule has 2 amide bonds. The number of carbonyl (C=O) groups is 2. The molecule has 0 spiro atoms. The third kappa shape index (κ3) is 6.33. The molecular formula is C17H21N3O2S2. The molecule has 0 radical (unpaired) electrons. The van der Waals surface area contributed by atoms with Crippen LogP contribution in [0.5, 0.6) is 0 Å². The van der Waals surface area contributed by atoms with Crippen molar-refractivity contribution in [3.8, 4) is 0 Å². The van der Waals surface area contributed by atoms with Crippen LogP contribution in [-0.4, -0.2) is 28.6 Å². The highest BCUT2D eigenvalue weighted by Gasteiger charge is 2.10. The van der Waals surface area contributed by atoms with Gasteiger partial charge in [0.15, 0.2) is 4.34 Å². The summed E-state index contributed by atoms with van der Waals surface area (Å²) in [7, 11) is 0. The maximum atomic E-state index is 12.0. The number of amides is 2. The van der Waals surface area contributed by atoms with Gasteiger partial charge in [0.05, 0.1) is 17.9 Å². The lowest BCUT2D eigenvalue weighted by Crippen LogP contribution is -2.31. The highest BCUT2D eigenvalue weighted by Crippen LogP contribution is 2.23. The zero-order valence-corrected chi connectivity index (χ0v) is 15.6. The molecule has 7 heteroatoms. The van der Waals surface area contributed by atoms with E-state index in [1.165, 1.54) is 23.1 Å². The Morgan fingerprint density at radius 3 is 2.58 bits per heavy atom. The van der Waals surface area contributed by atoms with Gasteiger partial charge < -0.3 is 10.6 Å². The second-order valence-electron chi connectivity index (χ2n) is 5.71. The van der Waals surface area contributed by atoms with Crippen molar-refractivity contribution in [2.45, 2.75) is 37.6 Å². The molecule has 1 aromatic carbocycles. The normalized spacial score (nSPS) is 10.7. The van der Waals surface area contributed by atoms with Crippen molar-refractivity contribution >= 4 is 40.6 Å². The van der Waals surface area contributed by atoms with Crippen LogP contribution in [0.15, 0.2) is 34.0 Å². The summed E-state index contributed by atoms with van der Waals surface area (Å²) in [5.41, 5.74) is 2.68. The Morgan fingerprint density at radius 1 is 1.21 bits per heavy atom. The molecule has 1 aromatic heterocycles. The molecule has 0 aliphatic carbocycles. The van der Waals surface area contributed by atoms with Crippen molar-refractivity contribution in [2.75, 3.05) is 11.1 Å². The predicted octanol–water partition coefficient (Wildman–Crippen LogP) is 3.25. The maximum absolute atomic E-state index is 12.0. The van der Waals surface area contributed by atoms with E-state index in [1.807, 2.05) is 50.4 Å². The van der Waals surface area contributed by atoms with Gasteiger partial charge in [-0.3, -0.25) is 9.59 Å². The number of aryl methyl sites for hydroxylation is 1. The highest BCUT2D eigenvalue weighted by molar-refractivity contribution is 8.01. The molecule has 0 aliphatic rings. The lowest BCUT2D eigenvalue weighted by molar-refractivity contribution is -0.121. The lowest BCUT2D eigenvalue weighted by Gasteiger charge is -2.06. The molecule has 0 aliphatic heterocycles. The molecule has 0 atom stereocenters. The van der Waals surface area contributed by atoms with Crippen molar-refractivity contribution in [1.29, 1.82) is 0 Å². The van der Waals surface area contributed by atoms with E-state index in [1.54, 1.807) is 0 Å². The van der Waals surface area contributed by atoms with E-state index in [4.69, 9.17) is 0 Å². The first kappa shape index (κ1) is 18.5. The first-order valence-electron chi connectivity index (χ1n) is 7.65. The topological polar surface area (TPSA) is 71.1 Å². The fourth-order valence-corrected chi connectivity index (χ4v) is 3.58. The van der Waals surface area contributed by atoms with Crippen molar-refractivity contribution in [2.24, 2.45) is 0 Å². The molecule has 24 heavy (non-hydrogen) atoms. The number of thioether (sulfide) groups is 1. The maximum Gasteiger partial charge on any atom is 0.234 e. The van der Waals surface area contributed by atoms with Crippen LogP contribution in [-0.2, 0) is 16.0 Å². The number of aromatic nitrogens is 1. The van der Waals surface area contributed by atoms with Crippen LogP contribution in [0.4, 0.5) is 5.69 Å². The van der Waals surface area contributed by atoms with Crippen LogP contribution in [0.2, 0.25) is 0 Å². The molecule has 0 saturated carbocycles. The van der Waals surface area contributed by atoms with Gasteiger partial charge in [-0.2, -0.15) is 0 Å². The van der Waals surface area contributed by atoms with Crippen LogP contribution in [0, 0.1) is 6.92 Å². The summed E-state index contributed by atoms with van der Waals surface area (Å²) in [5, 5.41) is 7.55. The van der Waals surface area contributed by atoms with Gasteiger partial charge in [-0.15, -0.1) is 11.3 Å². The number of benzene rings is 1. The van der Waals surface area contributed by atoms with E-state index < -0.39 is 0 Å². The Kier molecular flexibility index (Phi) is 6.81. The van der Waals surface area contributed by atoms with E-state index in [9.17, 15) is 9.59 Å². The van der Waals surface area contributed by atoms with Gasteiger partial charge >= 0.3 is 0 Å². The fourth-order valence-electron chi connectivity index (χ4n) is 1.93. The number of hydrogen-bond acceptors (Lipinski definition) is 5. The van der Waals surface area contributed by atoms with Crippen molar-refractivity contribution < 1.29 is 9.59 Å². The van der Waals surface area contributed by atoms with Gasteiger partial charge in [0.2, 0.25) is 11.8 Å². The van der Waals surface area contributed by atoms with Crippen molar-refractivity contribution in [3.05, 3.63) is 40.9 Å². The number of rotatable bonds is 7. The number of hydrogen-bond donors (Lipinski definition) is 2. The first-order valence-corrected chi connectivity index (χ1v) is 9.52. The summed E-state index contributed by atoms with van der Waals surface area (Å²) in [5.74, 6) is 0.182. The standard InChI is InChI=1S/C17H21N3O2S2/c1-11(2)18-15(21)8-14-9-23-17(20-14)24-10-16(22)19-13-6-4-12(3)5-7-13/h4-7,9,11H,8,10H2,1-3H3,(H,18,21)(H,19,22). The quantitative estimate of drug-likeness (QED) is 0.741. The number of anilines is 1. The fraction of sp³-hybridized carbons (Fsp3) is 0.353. The summed E-state index contributed by atoms with van der Waals surface area (Å²) in [6.07, 6.45) is 0.269. The van der Waals surface area contributed by atoms with Gasteiger partial charge in [0.1, 0.15) is 0 Å². The van der Waals surface area contributed by atoms with Crippen LogP contribution in [0.3, 0.4) is 0 Å². The Hall–Kier alpha value is -1.86. The molecular weight excluding hydrogens is 342 g/mol.